The lowest BCUT2D eigenvalue weighted by molar-refractivity contribution is 0.0317. The first kappa shape index (κ1) is 37.3. The Hall–Kier alpha value is -5.01. The smallest absolute Gasteiger partial charge is 0.219 e. The molecule has 0 spiro atoms. The van der Waals surface area contributed by atoms with E-state index in [0.717, 1.165) is 47.0 Å². The van der Waals surface area contributed by atoms with Gasteiger partial charge in [-0.1, -0.05) is 48.5 Å². The summed E-state index contributed by atoms with van der Waals surface area (Å²) in [5.41, 5.74) is 4.29. The number of benzene rings is 4. The fourth-order valence-electron chi connectivity index (χ4n) is 5.30. The number of hydrogen-bond donors (Lipinski definition) is 0. The minimum Gasteiger partial charge on any atom is -0.491 e. The molecule has 2 aliphatic rings. The molecule has 0 aliphatic carbocycles. The van der Waals surface area contributed by atoms with Crippen LogP contribution in [0, 0.1) is 0 Å². The lowest BCUT2D eigenvalue weighted by Gasteiger charge is -2.10. The number of aromatic nitrogens is 1. The normalized spacial score (nSPS) is 15.8. The zero-order valence-electron chi connectivity index (χ0n) is 30.1. The van der Waals surface area contributed by atoms with Gasteiger partial charge in [-0.2, -0.15) is 0 Å². The lowest BCUT2D eigenvalue weighted by Crippen LogP contribution is -2.12. The van der Waals surface area contributed by atoms with E-state index >= 15 is 0 Å². The first-order chi connectivity index (χ1) is 26.7. The number of ether oxygens (including phenoxy) is 10. The molecule has 2 unspecified atom stereocenters. The summed E-state index contributed by atoms with van der Waals surface area (Å²) < 4.78 is 55.8. The van der Waals surface area contributed by atoms with Gasteiger partial charge in [-0.25, -0.2) is 4.98 Å². The molecule has 2 atom stereocenters. The molecule has 2 saturated heterocycles. The van der Waals surface area contributed by atoms with Crippen molar-refractivity contribution >= 4 is 0 Å². The molecular formula is C43H45NO10. The van der Waals surface area contributed by atoms with E-state index in [0.29, 0.717) is 89.2 Å². The van der Waals surface area contributed by atoms with Gasteiger partial charge in [0.15, 0.2) is 0 Å². The van der Waals surface area contributed by atoms with Gasteiger partial charge >= 0.3 is 0 Å². The van der Waals surface area contributed by atoms with Crippen molar-refractivity contribution in [2.75, 3.05) is 79.3 Å². The van der Waals surface area contributed by atoms with Crippen LogP contribution in [0.1, 0.15) is 0 Å². The monoisotopic (exact) mass is 735 g/mol. The molecule has 11 heteroatoms. The molecule has 0 radical (unpaired) electrons. The third-order valence-electron chi connectivity index (χ3n) is 8.40. The predicted molar refractivity (Wildman–Crippen MR) is 202 cm³/mol. The van der Waals surface area contributed by atoms with Gasteiger partial charge in [0.25, 0.3) is 0 Å². The fourth-order valence-corrected chi connectivity index (χ4v) is 5.30. The second-order valence-corrected chi connectivity index (χ2v) is 12.6. The van der Waals surface area contributed by atoms with Crippen molar-refractivity contribution in [2.24, 2.45) is 0 Å². The van der Waals surface area contributed by atoms with Gasteiger partial charge in [-0.3, -0.25) is 0 Å². The van der Waals surface area contributed by atoms with Crippen molar-refractivity contribution in [3.63, 3.8) is 0 Å². The van der Waals surface area contributed by atoms with Crippen LogP contribution in [0.5, 0.6) is 34.6 Å². The zero-order chi connectivity index (χ0) is 36.6. The molecule has 3 heterocycles. The first-order valence-corrected chi connectivity index (χ1v) is 18.3. The van der Waals surface area contributed by atoms with Gasteiger partial charge in [0.1, 0.15) is 54.2 Å². The highest BCUT2D eigenvalue weighted by molar-refractivity contribution is 5.66. The van der Waals surface area contributed by atoms with Crippen molar-refractivity contribution in [1.82, 2.24) is 4.98 Å². The summed E-state index contributed by atoms with van der Waals surface area (Å²) in [4.78, 5) is 4.43. The number of nitrogens with zero attached hydrogens (tertiary/aromatic N) is 1. The van der Waals surface area contributed by atoms with Crippen LogP contribution in [-0.4, -0.2) is 96.5 Å². The van der Waals surface area contributed by atoms with E-state index in [1.165, 1.54) is 0 Å². The second-order valence-electron chi connectivity index (χ2n) is 12.6. The van der Waals surface area contributed by atoms with E-state index < -0.39 is 0 Å². The molecule has 2 fully saturated rings. The lowest BCUT2D eigenvalue weighted by atomic mass is 10.1. The number of rotatable bonds is 24. The summed E-state index contributed by atoms with van der Waals surface area (Å²) >= 11 is 0. The molecule has 0 bridgehead atoms. The van der Waals surface area contributed by atoms with Crippen LogP contribution in [0.3, 0.4) is 0 Å². The number of pyridine rings is 1. The van der Waals surface area contributed by atoms with E-state index in [9.17, 15) is 0 Å². The third kappa shape index (κ3) is 12.6. The standard InChI is InChI=1S/C43H45NO10/c1-9-36(49-25-23-45-19-21-47-28-41-30-51-41)10-2-32(1)34-5-13-38(14-6-34)53-40-17-18-43(44-27-40)54-39-15-7-35(8-16-39)33-3-11-37(12-4-33)50-26-24-46-20-22-48-29-42-31-52-42/h1-18,27,41-42H,19-26,28-31H2. The maximum atomic E-state index is 6.03. The van der Waals surface area contributed by atoms with E-state index in [1.807, 2.05) is 103 Å². The summed E-state index contributed by atoms with van der Waals surface area (Å²) in [7, 11) is 0. The molecule has 0 amide bonds. The van der Waals surface area contributed by atoms with Crippen LogP contribution < -0.4 is 18.9 Å². The second kappa shape index (κ2) is 19.9. The Bertz CT molecular complexity index is 1670. The highest BCUT2D eigenvalue weighted by atomic mass is 16.6. The van der Waals surface area contributed by atoms with Crippen molar-refractivity contribution in [2.45, 2.75) is 12.2 Å². The van der Waals surface area contributed by atoms with Crippen LogP contribution in [0.4, 0.5) is 0 Å². The Labute approximate surface area is 315 Å². The number of hydrogen-bond acceptors (Lipinski definition) is 11. The van der Waals surface area contributed by atoms with Gasteiger partial charge in [0.05, 0.1) is 72.3 Å². The van der Waals surface area contributed by atoms with E-state index in [2.05, 4.69) is 4.98 Å². The van der Waals surface area contributed by atoms with Crippen LogP contribution >= 0.6 is 0 Å². The molecule has 5 aromatic rings. The first-order valence-electron chi connectivity index (χ1n) is 18.3. The molecule has 0 saturated carbocycles. The van der Waals surface area contributed by atoms with Gasteiger partial charge in [-0.15, -0.1) is 0 Å². The predicted octanol–water partition coefficient (Wildman–Crippen LogP) is 7.62. The number of epoxide rings is 2. The molecule has 54 heavy (non-hydrogen) atoms. The summed E-state index contributed by atoms with van der Waals surface area (Å²) in [5, 5.41) is 0. The maximum Gasteiger partial charge on any atom is 0.219 e. The summed E-state index contributed by atoms with van der Waals surface area (Å²) in [6.45, 7) is 7.08. The van der Waals surface area contributed by atoms with Crippen molar-refractivity contribution in [1.29, 1.82) is 0 Å². The average Bonchev–Trinajstić information content (AvgIpc) is 4.16. The van der Waals surface area contributed by atoms with E-state index in [-0.39, 0.29) is 12.2 Å². The van der Waals surface area contributed by atoms with Crippen molar-refractivity contribution in [3.05, 3.63) is 115 Å². The highest BCUT2D eigenvalue weighted by Gasteiger charge is 2.22. The molecule has 4 aromatic carbocycles. The van der Waals surface area contributed by atoms with Crippen LogP contribution in [0.2, 0.25) is 0 Å². The van der Waals surface area contributed by atoms with Gasteiger partial charge < -0.3 is 47.4 Å². The van der Waals surface area contributed by atoms with E-state index in [4.69, 9.17) is 47.4 Å². The van der Waals surface area contributed by atoms with Gasteiger partial charge in [-0.05, 0) is 76.9 Å². The Morgan fingerprint density at radius 2 is 0.778 bits per heavy atom. The van der Waals surface area contributed by atoms with Crippen molar-refractivity contribution in [3.8, 4) is 56.9 Å². The summed E-state index contributed by atoms with van der Waals surface area (Å²) in [6.07, 6.45) is 2.21. The Morgan fingerprint density at radius 1 is 0.407 bits per heavy atom. The molecule has 7 rings (SSSR count). The quantitative estimate of drug-likeness (QED) is 0.0461. The van der Waals surface area contributed by atoms with Gasteiger partial charge in [0.2, 0.25) is 5.88 Å². The Kier molecular flexibility index (Phi) is 13.7. The maximum absolute atomic E-state index is 6.03. The zero-order valence-corrected chi connectivity index (χ0v) is 30.1. The molecule has 282 valence electrons. The Balaban J connectivity index is 0.790. The van der Waals surface area contributed by atoms with Crippen LogP contribution in [-0.2, 0) is 28.4 Å². The molecule has 1 aromatic heterocycles. The Morgan fingerprint density at radius 3 is 1.19 bits per heavy atom. The van der Waals surface area contributed by atoms with Crippen molar-refractivity contribution < 1.29 is 47.4 Å². The largest absolute Gasteiger partial charge is 0.491 e. The van der Waals surface area contributed by atoms with Gasteiger partial charge in [0, 0.05) is 6.07 Å². The molecule has 11 nitrogen and oxygen atoms in total. The molecular weight excluding hydrogens is 690 g/mol. The molecule has 0 N–H and O–H groups in total. The minimum atomic E-state index is 0.280. The average molecular weight is 736 g/mol. The minimum absolute atomic E-state index is 0.280. The topological polar surface area (TPSA) is 112 Å². The van der Waals surface area contributed by atoms with Crippen LogP contribution in [0.15, 0.2) is 115 Å². The van der Waals surface area contributed by atoms with Crippen LogP contribution in [0.25, 0.3) is 22.3 Å². The fraction of sp³-hybridized carbons (Fsp3) is 0.326. The summed E-state index contributed by atoms with van der Waals surface area (Å²) in [6, 6.07) is 35.4. The van der Waals surface area contributed by atoms with E-state index in [1.54, 1.807) is 12.3 Å². The third-order valence-corrected chi connectivity index (χ3v) is 8.40. The summed E-state index contributed by atoms with van der Waals surface area (Å²) in [5.74, 6) is 4.07. The SMILES string of the molecule is c1cc(-c2ccc(Oc3ccc(Oc4ccc(-c5ccc(OCCOCCOCC6CO6)cc5)cc4)nc3)cc2)ccc1OCCOCCOCC1CO1. The molecule has 2 aliphatic heterocycles. The highest BCUT2D eigenvalue weighted by Crippen LogP contribution is 2.30.